The van der Waals surface area contributed by atoms with Crippen LogP contribution in [0.5, 0.6) is 17.2 Å². The molecular weight excluding hydrogens is 516 g/mol. The minimum Gasteiger partial charge on any atom is -0.471 e. The fraction of sp³-hybridized carbons (Fsp3) is 0.120. The second-order valence-corrected chi connectivity index (χ2v) is 8.68. The number of rotatable bonds is 8. The molecule has 4 rings (SSSR count). The first-order chi connectivity index (χ1) is 16.8. The van der Waals surface area contributed by atoms with Crippen LogP contribution in [0.15, 0.2) is 77.4 Å². The van der Waals surface area contributed by atoms with Gasteiger partial charge in [-0.3, -0.25) is 14.9 Å². The maximum atomic E-state index is 12.7. The van der Waals surface area contributed by atoms with Crippen LogP contribution in [-0.2, 0) is 6.73 Å². The minimum atomic E-state index is -0.542. The first-order valence-corrected chi connectivity index (χ1v) is 11.3. The molecule has 9 nitrogen and oxygen atoms in total. The molecule has 0 bridgehead atoms. The third-order valence-electron chi connectivity index (χ3n) is 4.98. The van der Waals surface area contributed by atoms with Crippen molar-refractivity contribution in [3.05, 3.63) is 104 Å². The van der Waals surface area contributed by atoms with Crippen LogP contribution in [0.4, 0.5) is 11.4 Å². The number of amides is 1. The maximum Gasteiger partial charge on any atom is 0.276 e. The van der Waals surface area contributed by atoms with E-state index in [4.69, 9.17) is 9.47 Å². The number of nitrogens with zero attached hydrogens (tertiary/aromatic N) is 3. The molecule has 0 saturated heterocycles. The Balaban J connectivity index is 1.48. The van der Waals surface area contributed by atoms with Crippen LogP contribution in [0.2, 0.25) is 0 Å². The molecule has 1 amide bonds. The first-order valence-electron chi connectivity index (χ1n) is 10.5. The van der Waals surface area contributed by atoms with E-state index in [9.17, 15) is 14.9 Å². The van der Waals surface area contributed by atoms with Gasteiger partial charge in [0.2, 0.25) is 0 Å². The summed E-state index contributed by atoms with van der Waals surface area (Å²) in [4.78, 5) is 23.7. The van der Waals surface area contributed by atoms with Gasteiger partial charge in [0.25, 0.3) is 11.6 Å². The van der Waals surface area contributed by atoms with Gasteiger partial charge in [0.1, 0.15) is 17.2 Å². The summed E-state index contributed by atoms with van der Waals surface area (Å²) in [5.74, 6) is 0.942. The normalized spacial score (nSPS) is 10.6. The summed E-state index contributed by atoms with van der Waals surface area (Å²) in [6.07, 6.45) is 1.61. The smallest absolute Gasteiger partial charge is 0.276 e. The molecule has 3 aromatic carbocycles. The molecule has 4 aromatic rings. The molecule has 0 aliphatic rings. The van der Waals surface area contributed by atoms with Crippen molar-refractivity contribution in [2.24, 2.45) is 0 Å². The molecule has 35 heavy (non-hydrogen) atoms. The Labute approximate surface area is 209 Å². The number of halogens is 1. The predicted molar refractivity (Wildman–Crippen MR) is 134 cm³/mol. The highest BCUT2D eigenvalue weighted by molar-refractivity contribution is 9.10. The van der Waals surface area contributed by atoms with Gasteiger partial charge in [-0.1, -0.05) is 28.1 Å². The molecule has 1 aromatic heterocycles. The van der Waals surface area contributed by atoms with Crippen molar-refractivity contribution in [2.75, 3.05) is 5.32 Å². The van der Waals surface area contributed by atoms with E-state index in [0.717, 1.165) is 15.6 Å². The second-order valence-electron chi connectivity index (χ2n) is 7.77. The van der Waals surface area contributed by atoms with Gasteiger partial charge in [-0.2, -0.15) is 5.10 Å². The standard InChI is InChI=1S/C25H21BrN4O5/c1-16-3-4-17(2)24(11-16)35-22-13-19(12-20(14-22)30(32)33)27-25(31)23-9-10-29(28-23)15-34-21-7-5-18(26)6-8-21/h3-14H,15H2,1-2H3,(H,27,31). The third kappa shape index (κ3) is 6.24. The lowest BCUT2D eigenvalue weighted by Gasteiger charge is -2.11. The molecule has 0 spiro atoms. The Hall–Kier alpha value is -4.18. The molecule has 0 fully saturated rings. The van der Waals surface area contributed by atoms with Crippen LogP contribution < -0.4 is 14.8 Å². The summed E-state index contributed by atoms with van der Waals surface area (Å²) in [5.41, 5.74) is 2.00. The van der Waals surface area contributed by atoms with Crippen molar-refractivity contribution in [1.82, 2.24) is 9.78 Å². The van der Waals surface area contributed by atoms with Crippen molar-refractivity contribution in [3.8, 4) is 17.2 Å². The molecule has 1 heterocycles. The number of nitro groups is 1. The number of non-ortho nitro benzene ring substituents is 1. The zero-order valence-electron chi connectivity index (χ0n) is 18.9. The average Bonchev–Trinajstić information content (AvgIpc) is 3.30. The molecule has 1 N–H and O–H groups in total. The number of aryl methyl sites for hydroxylation is 2. The molecule has 10 heteroatoms. The molecule has 0 radical (unpaired) electrons. The van der Waals surface area contributed by atoms with Gasteiger partial charge in [-0.15, -0.1) is 0 Å². The first kappa shape index (κ1) is 24.0. The SMILES string of the molecule is Cc1ccc(C)c(Oc2cc(NC(=O)c3ccn(COc4ccc(Br)cc4)n3)cc([N+](=O)[O-])c2)c1. The summed E-state index contributed by atoms with van der Waals surface area (Å²) in [6.45, 7) is 3.92. The molecule has 0 unspecified atom stereocenters. The van der Waals surface area contributed by atoms with Gasteiger partial charge >= 0.3 is 0 Å². The highest BCUT2D eigenvalue weighted by Crippen LogP contribution is 2.32. The van der Waals surface area contributed by atoms with Gasteiger partial charge in [-0.25, -0.2) is 4.68 Å². The van der Waals surface area contributed by atoms with Crippen LogP contribution in [0.25, 0.3) is 0 Å². The summed E-state index contributed by atoms with van der Waals surface area (Å²) >= 11 is 3.36. The van der Waals surface area contributed by atoms with Crippen LogP contribution in [0.3, 0.4) is 0 Å². The van der Waals surface area contributed by atoms with Crippen LogP contribution in [0, 0.1) is 24.0 Å². The fourth-order valence-corrected chi connectivity index (χ4v) is 3.45. The number of nitrogens with one attached hydrogen (secondary N) is 1. The Morgan fingerprint density at radius 3 is 2.57 bits per heavy atom. The Morgan fingerprint density at radius 2 is 1.83 bits per heavy atom. The molecule has 0 saturated carbocycles. The zero-order chi connectivity index (χ0) is 24.9. The number of nitro benzene ring substituents is 1. The monoisotopic (exact) mass is 536 g/mol. The van der Waals surface area contributed by atoms with E-state index in [-0.39, 0.29) is 29.5 Å². The summed E-state index contributed by atoms with van der Waals surface area (Å²) < 4.78 is 14.0. The van der Waals surface area contributed by atoms with Gasteiger partial charge in [0, 0.05) is 22.8 Å². The lowest BCUT2D eigenvalue weighted by atomic mass is 10.1. The van der Waals surface area contributed by atoms with Gasteiger partial charge in [0.05, 0.1) is 16.7 Å². The largest absolute Gasteiger partial charge is 0.471 e. The lowest BCUT2D eigenvalue weighted by molar-refractivity contribution is -0.384. The number of carbonyl (C=O) groups excluding carboxylic acids is 1. The number of benzene rings is 3. The quantitative estimate of drug-likeness (QED) is 0.210. The van der Waals surface area contributed by atoms with Crippen molar-refractivity contribution in [1.29, 1.82) is 0 Å². The number of anilines is 1. The number of aromatic nitrogens is 2. The number of ether oxygens (including phenoxy) is 2. The lowest BCUT2D eigenvalue weighted by Crippen LogP contribution is -2.14. The second kappa shape index (κ2) is 10.4. The Kier molecular flexibility index (Phi) is 7.11. The number of hydrogen-bond acceptors (Lipinski definition) is 6. The van der Waals surface area contributed by atoms with Gasteiger partial charge in [0.15, 0.2) is 12.4 Å². The van der Waals surface area contributed by atoms with Gasteiger partial charge < -0.3 is 14.8 Å². The van der Waals surface area contributed by atoms with Crippen molar-refractivity contribution in [2.45, 2.75) is 20.6 Å². The van der Waals surface area contributed by atoms with Crippen LogP contribution in [0.1, 0.15) is 21.6 Å². The zero-order valence-corrected chi connectivity index (χ0v) is 20.5. The average molecular weight is 537 g/mol. The van der Waals surface area contributed by atoms with E-state index in [0.29, 0.717) is 11.5 Å². The van der Waals surface area contributed by atoms with E-state index < -0.39 is 10.8 Å². The highest BCUT2D eigenvalue weighted by atomic mass is 79.9. The molecule has 178 valence electrons. The predicted octanol–water partition coefficient (Wildman–Crippen LogP) is 6.25. The van der Waals surface area contributed by atoms with E-state index >= 15 is 0 Å². The fourth-order valence-electron chi connectivity index (χ4n) is 3.19. The van der Waals surface area contributed by atoms with Crippen molar-refractivity contribution < 1.29 is 19.2 Å². The van der Waals surface area contributed by atoms with Crippen molar-refractivity contribution >= 4 is 33.2 Å². The molecule has 0 aliphatic heterocycles. The minimum absolute atomic E-state index is 0.111. The van der Waals surface area contributed by atoms with Gasteiger partial charge in [-0.05, 0) is 61.4 Å². The molecule has 0 atom stereocenters. The molecular formula is C25H21BrN4O5. The van der Waals surface area contributed by atoms with Crippen molar-refractivity contribution in [3.63, 3.8) is 0 Å². The Bertz CT molecular complexity index is 1390. The summed E-state index contributed by atoms with van der Waals surface area (Å²) in [7, 11) is 0. The van der Waals surface area contributed by atoms with E-state index in [1.54, 1.807) is 18.3 Å². The van der Waals surface area contributed by atoms with Crippen LogP contribution >= 0.6 is 15.9 Å². The van der Waals surface area contributed by atoms with E-state index in [1.165, 1.54) is 28.9 Å². The Morgan fingerprint density at radius 1 is 1.06 bits per heavy atom. The number of hydrogen-bond donors (Lipinski definition) is 1. The topological polar surface area (TPSA) is 109 Å². The summed E-state index contributed by atoms with van der Waals surface area (Å²) in [5, 5.41) is 18.3. The highest BCUT2D eigenvalue weighted by Gasteiger charge is 2.16. The summed E-state index contributed by atoms with van der Waals surface area (Å²) in [6, 6.07) is 18.7. The maximum absolute atomic E-state index is 12.7. The van der Waals surface area contributed by atoms with E-state index in [2.05, 4.69) is 26.3 Å². The number of carbonyl (C=O) groups is 1. The van der Waals surface area contributed by atoms with E-state index in [1.807, 2.05) is 44.2 Å². The molecule has 0 aliphatic carbocycles. The van der Waals surface area contributed by atoms with Crippen LogP contribution in [-0.4, -0.2) is 20.6 Å². The third-order valence-corrected chi connectivity index (χ3v) is 5.51.